The van der Waals surface area contributed by atoms with Gasteiger partial charge in [0.05, 0.1) is 6.54 Å². The Morgan fingerprint density at radius 2 is 1.84 bits per heavy atom. The molecular weight excluding hydrogens is 243 g/mol. The van der Waals surface area contributed by atoms with Crippen molar-refractivity contribution in [1.82, 2.24) is 10.6 Å². The van der Waals surface area contributed by atoms with Gasteiger partial charge < -0.3 is 10.6 Å². The number of rotatable bonds is 5. The molecule has 1 aliphatic carbocycles. The lowest BCUT2D eigenvalue weighted by molar-refractivity contribution is -0.121. The highest BCUT2D eigenvalue weighted by molar-refractivity contribution is 5.78. The van der Waals surface area contributed by atoms with E-state index in [0.29, 0.717) is 19.1 Å². The van der Waals surface area contributed by atoms with E-state index in [-0.39, 0.29) is 11.7 Å². The van der Waals surface area contributed by atoms with E-state index in [1.807, 2.05) is 0 Å². The smallest absolute Gasteiger partial charge is 0.234 e. The highest BCUT2D eigenvalue weighted by Gasteiger charge is 2.14. The molecule has 1 aromatic carbocycles. The second kappa shape index (κ2) is 7.24. The zero-order chi connectivity index (χ0) is 13.5. The molecule has 0 spiro atoms. The van der Waals surface area contributed by atoms with E-state index in [1.165, 1.54) is 31.4 Å². The molecule has 0 heterocycles. The number of carbonyl (C=O) groups is 1. The molecule has 0 atom stereocenters. The quantitative estimate of drug-likeness (QED) is 0.857. The van der Waals surface area contributed by atoms with Gasteiger partial charge in [-0.15, -0.1) is 0 Å². The number of benzene rings is 1. The van der Waals surface area contributed by atoms with Gasteiger partial charge in [-0.05, 0) is 30.5 Å². The molecule has 1 fully saturated rings. The zero-order valence-corrected chi connectivity index (χ0v) is 11.1. The standard InChI is InChI=1S/C15H21FN2O/c16-13-8-6-12(7-9-13)10-17-11-15(19)18-14-4-2-1-3-5-14/h6-9,14,17H,1-5,10-11H2,(H,18,19). The summed E-state index contributed by atoms with van der Waals surface area (Å²) in [5, 5.41) is 6.13. The summed E-state index contributed by atoms with van der Waals surface area (Å²) >= 11 is 0. The molecule has 1 aromatic rings. The molecule has 1 saturated carbocycles. The van der Waals surface area contributed by atoms with Crippen molar-refractivity contribution in [1.29, 1.82) is 0 Å². The number of carbonyl (C=O) groups excluding carboxylic acids is 1. The molecule has 4 heteroatoms. The van der Waals surface area contributed by atoms with Crippen molar-refractivity contribution in [2.45, 2.75) is 44.7 Å². The van der Waals surface area contributed by atoms with Crippen molar-refractivity contribution in [2.75, 3.05) is 6.54 Å². The molecule has 3 nitrogen and oxygen atoms in total. The minimum absolute atomic E-state index is 0.0500. The second-order valence-corrected chi connectivity index (χ2v) is 5.13. The fraction of sp³-hybridized carbons (Fsp3) is 0.533. The first-order valence-corrected chi connectivity index (χ1v) is 6.98. The van der Waals surface area contributed by atoms with Crippen LogP contribution in [-0.2, 0) is 11.3 Å². The number of hydrogen-bond donors (Lipinski definition) is 2. The van der Waals surface area contributed by atoms with Crippen LogP contribution >= 0.6 is 0 Å². The van der Waals surface area contributed by atoms with Crippen LogP contribution in [0.15, 0.2) is 24.3 Å². The zero-order valence-electron chi connectivity index (χ0n) is 11.1. The lowest BCUT2D eigenvalue weighted by atomic mass is 9.95. The van der Waals surface area contributed by atoms with Gasteiger partial charge in [0.15, 0.2) is 0 Å². The fourth-order valence-electron chi connectivity index (χ4n) is 2.45. The summed E-state index contributed by atoms with van der Waals surface area (Å²) in [6.07, 6.45) is 5.92. The average Bonchev–Trinajstić information content (AvgIpc) is 2.42. The Kier molecular flexibility index (Phi) is 5.33. The number of amides is 1. The summed E-state index contributed by atoms with van der Waals surface area (Å²) in [5.41, 5.74) is 0.979. The van der Waals surface area contributed by atoms with Gasteiger partial charge in [-0.25, -0.2) is 4.39 Å². The van der Waals surface area contributed by atoms with Gasteiger partial charge in [-0.3, -0.25) is 4.79 Å². The summed E-state index contributed by atoms with van der Waals surface area (Å²) < 4.78 is 12.7. The molecule has 19 heavy (non-hydrogen) atoms. The molecule has 0 bridgehead atoms. The van der Waals surface area contributed by atoms with Gasteiger partial charge >= 0.3 is 0 Å². The van der Waals surface area contributed by atoms with E-state index >= 15 is 0 Å². The molecule has 1 amide bonds. The third-order valence-electron chi connectivity index (χ3n) is 3.50. The van der Waals surface area contributed by atoms with Crippen molar-refractivity contribution in [2.24, 2.45) is 0 Å². The predicted octanol–water partition coefficient (Wildman–Crippen LogP) is 2.36. The minimum Gasteiger partial charge on any atom is -0.352 e. The van der Waals surface area contributed by atoms with Crippen LogP contribution in [-0.4, -0.2) is 18.5 Å². The van der Waals surface area contributed by atoms with Gasteiger partial charge in [0.25, 0.3) is 0 Å². The first-order valence-electron chi connectivity index (χ1n) is 6.98. The van der Waals surface area contributed by atoms with E-state index < -0.39 is 0 Å². The van der Waals surface area contributed by atoms with E-state index in [9.17, 15) is 9.18 Å². The van der Waals surface area contributed by atoms with Crippen molar-refractivity contribution >= 4 is 5.91 Å². The normalized spacial score (nSPS) is 16.3. The Morgan fingerprint density at radius 1 is 1.16 bits per heavy atom. The highest BCUT2D eigenvalue weighted by Crippen LogP contribution is 2.17. The Balaban J connectivity index is 1.64. The van der Waals surface area contributed by atoms with Crippen molar-refractivity contribution < 1.29 is 9.18 Å². The maximum absolute atomic E-state index is 12.7. The monoisotopic (exact) mass is 264 g/mol. The summed E-state index contributed by atoms with van der Waals surface area (Å²) in [6.45, 7) is 0.895. The molecule has 1 aliphatic rings. The van der Waals surface area contributed by atoms with Crippen LogP contribution in [0.2, 0.25) is 0 Å². The third-order valence-corrected chi connectivity index (χ3v) is 3.50. The lowest BCUT2D eigenvalue weighted by Crippen LogP contribution is -2.41. The number of halogens is 1. The first kappa shape index (κ1) is 14.0. The average molecular weight is 264 g/mol. The first-order chi connectivity index (χ1) is 9.24. The minimum atomic E-state index is -0.237. The van der Waals surface area contributed by atoms with E-state index in [2.05, 4.69) is 10.6 Å². The van der Waals surface area contributed by atoms with Crippen LogP contribution in [0, 0.1) is 5.82 Å². The van der Waals surface area contributed by atoms with Crippen LogP contribution in [0.1, 0.15) is 37.7 Å². The Hall–Kier alpha value is -1.42. The predicted molar refractivity (Wildman–Crippen MR) is 73.1 cm³/mol. The Bertz CT molecular complexity index is 399. The molecule has 2 rings (SSSR count). The van der Waals surface area contributed by atoms with Crippen LogP contribution in [0.4, 0.5) is 4.39 Å². The summed E-state index contributed by atoms with van der Waals surface area (Å²) in [7, 11) is 0. The summed E-state index contributed by atoms with van der Waals surface area (Å²) in [6, 6.07) is 6.66. The largest absolute Gasteiger partial charge is 0.352 e. The Labute approximate surface area is 113 Å². The fourth-order valence-corrected chi connectivity index (χ4v) is 2.45. The molecule has 2 N–H and O–H groups in total. The summed E-state index contributed by atoms with van der Waals surface area (Å²) in [4.78, 5) is 11.7. The highest BCUT2D eigenvalue weighted by atomic mass is 19.1. The SMILES string of the molecule is O=C(CNCc1ccc(F)cc1)NC1CCCCC1. The molecule has 104 valence electrons. The van der Waals surface area contributed by atoms with Gasteiger partial charge in [-0.2, -0.15) is 0 Å². The third kappa shape index (κ3) is 4.99. The van der Waals surface area contributed by atoms with Gasteiger partial charge in [0.1, 0.15) is 5.82 Å². The van der Waals surface area contributed by atoms with E-state index in [0.717, 1.165) is 18.4 Å². The summed E-state index contributed by atoms with van der Waals surface area (Å²) in [5.74, 6) is -0.187. The van der Waals surface area contributed by atoms with Gasteiger partial charge in [0, 0.05) is 12.6 Å². The topological polar surface area (TPSA) is 41.1 Å². The molecule has 0 saturated heterocycles. The number of hydrogen-bond acceptors (Lipinski definition) is 2. The van der Waals surface area contributed by atoms with Gasteiger partial charge in [0.2, 0.25) is 5.91 Å². The maximum Gasteiger partial charge on any atom is 0.234 e. The van der Waals surface area contributed by atoms with Crippen molar-refractivity contribution in [3.05, 3.63) is 35.6 Å². The maximum atomic E-state index is 12.7. The van der Waals surface area contributed by atoms with Crippen LogP contribution in [0.5, 0.6) is 0 Å². The van der Waals surface area contributed by atoms with E-state index in [1.54, 1.807) is 12.1 Å². The molecule has 0 unspecified atom stereocenters. The van der Waals surface area contributed by atoms with Crippen LogP contribution in [0.25, 0.3) is 0 Å². The lowest BCUT2D eigenvalue weighted by Gasteiger charge is -2.22. The van der Waals surface area contributed by atoms with Crippen LogP contribution in [0.3, 0.4) is 0 Å². The van der Waals surface area contributed by atoms with Crippen molar-refractivity contribution in [3.63, 3.8) is 0 Å². The Morgan fingerprint density at radius 3 is 2.53 bits per heavy atom. The van der Waals surface area contributed by atoms with Crippen LogP contribution < -0.4 is 10.6 Å². The van der Waals surface area contributed by atoms with Crippen molar-refractivity contribution in [3.8, 4) is 0 Å². The second-order valence-electron chi connectivity index (χ2n) is 5.13. The molecule has 0 aromatic heterocycles. The molecular formula is C15H21FN2O. The molecule has 0 aliphatic heterocycles. The van der Waals surface area contributed by atoms with E-state index in [4.69, 9.17) is 0 Å². The number of nitrogens with one attached hydrogen (secondary N) is 2. The molecule has 0 radical (unpaired) electrons. The van der Waals surface area contributed by atoms with Gasteiger partial charge in [-0.1, -0.05) is 31.4 Å².